The van der Waals surface area contributed by atoms with Crippen LogP contribution in [-0.4, -0.2) is 44.0 Å². The summed E-state index contributed by atoms with van der Waals surface area (Å²) in [5.74, 6) is 0.244. The second-order valence-electron chi connectivity index (χ2n) is 6.55. The lowest BCUT2D eigenvalue weighted by Gasteiger charge is -2.15. The van der Waals surface area contributed by atoms with Crippen molar-refractivity contribution in [3.8, 4) is 0 Å². The highest BCUT2D eigenvalue weighted by molar-refractivity contribution is 14.0. The molecule has 0 spiro atoms. The number of amides is 1. The number of halogens is 2. The highest BCUT2D eigenvalue weighted by atomic mass is 127. The first-order valence-electron chi connectivity index (χ1n) is 8.97. The first-order chi connectivity index (χ1) is 13.0. The van der Waals surface area contributed by atoms with Gasteiger partial charge < -0.3 is 15.5 Å². The van der Waals surface area contributed by atoms with Gasteiger partial charge in [-0.05, 0) is 36.1 Å². The van der Waals surface area contributed by atoms with Crippen molar-refractivity contribution in [3.05, 3.63) is 71.0 Å². The predicted molar refractivity (Wildman–Crippen MR) is 123 cm³/mol. The van der Waals surface area contributed by atoms with Gasteiger partial charge >= 0.3 is 0 Å². The van der Waals surface area contributed by atoms with Crippen molar-refractivity contribution in [2.24, 2.45) is 4.99 Å². The van der Waals surface area contributed by atoms with Crippen LogP contribution in [0, 0.1) is 12.7 Å². The summed E-state index contributed by atoms with van der Waals surface area (Å²) in [4.78, 5) is 17.8. The average molecular weight is 498 g/mol. The molecule has 0 saturated carbocycles. The van der Waals surface area contributed by atoms with Crippen LogP contribution in [0.5, 0.6) is 0 Å². The number of nitrogens with one attached hydrogen (secondary N) is 2. The van der Waals surface area contributed by atoms with Gasteiger partial charge in [0.25, 0.3) is 0 Å². The SMILES string of the molecule is Cc1ccc(CN=C(NCCc2ccccc2)NCC(=O)N(C)C)cc1F.I. The summed E-state index contributed by atoms with van der Waals surface area (Å²) in [7, 11) is 3.41. The number of hydrogen-bond acceptors (Lipinski definition) is 2. The van der Waals surface area contributed by atoms with Crippen LogP contribution in [0.25, 0.3) is 0 Å². The Balaban J connectivity index is 0.00000392. The van der Waals surface area contributed by atoms with Crippen LogP contribution in [-0.2, 0) is 17.8 Å². The van der Waals surface area contributed by atoms with Gasteiger partial charge in [-0.25, -0.2) is 9.38 Å². The molecule has 2 aromatic rings. The molecular formula is C21H28FIN4O. The largest absolute Gasteiger partial charge is 0.356 e. The summed E-state index contributed by atoms with van der Waals surface area (Å²) < 4.78 is 13.7. The minimum Gasteiger partial charge on any atom is -0.356 e. The zero-order valence-corrected chi connectivity index (χ0v) is 18.9. The summed E-state index contributed by atoms with van der Waals surface area (Å²) in [6.45, 7) is 2.88. The van der Waals surface area contributed by atoms with Crippen molar-refractivity contribution in [1.82, 2.24) is 15.5 Å². The van der Waals surface area contributed by atoms with Gasteiger partial charge in [-0.2, -0.15) is 0 Å². The van der Waals surface area contributed by atoms with Crippen molar-refractivity contribution >= 4 is 35.8 Å². The standard InChI is InChI=1S/C21H27FN4O.HI/c1-16-9-10-18(13-19(16)22)14-24-21(25-15-20(27)26(2)3)23-12-11-17-7-5-4-6-8-17;/h4-10,13H,11-12,14-15H2,1-3H3,(H2,23,24,25);1H. The fourth-order valence-corrected chi connectivity index (χ4v) is 2.37. The third-order valence-corrected chi connectivity index (χ3v) is 4.11. The van der Waals surface area contributed by atoms with E-state index in [1.165, 1.54) is 16.5 Å². The Hall–Kier alpha value is -2.16. The summed E-state index contributed by atoms with van der Waals surface area (Å²) in [6.07, 6.45) is 0.836. The van der Waals surface area contributed by atoms with Crippen molar-refractivity contribution in [2.75, 3.05) is 27.2 Å². The molecule has 0 radical (unpaired) electrons. The Morgan fingerprint density at radius 2 is 1.79 bits per heavy atom. The molecular weight excluding hydrogens is 470 g/mol. The van der Waals surface area contributed by atoms with Gasteiger partial charge in [-0.3, -0.25) is 4.79 Å². The minimum atomic E-state index is -0.239. The summed E-state index contributed by atoms with van der Waals surface area (Å²) >= 11 is 0. The second kappa shape index (κ2) is 12.3. The zero-order valence-electron chi connectivity index (χ0n) is 16.5. The average Bonchev–Trinajstić information content (AvgIpc) is 2.66. The molecule has 0 bridgehead atoms. The number of carbonyl (C=O) groups excluding carboxylic acids is 1. The Morgan fingerprint density at radius 1 is 1.07 bits per heavy atom. The van der Waals surface area contributed by atoms with Gasteiger partial charge in [-0.1, -0.05) is 42.5 Å². The van der Waals surface area contributed by atoms with E-state index >= 15 is 0 Å². The lowest BCUT2D eigenvalue weighted by atomic mass is 10.1. The highest BCUT2D eigenvalue weighted by Gasteiger charge is 2.06. The Labute approximate surface area is 183 Å². The smallest absolute Gasteiger partial charge is 0.241 e. The molecule has 0 atom stereocenters. The number of likely N-dealkylation sites (N-methyl/N-ethyl adjacent to an activating group) is 1. The fourth-order valence-electron chi connectivity index (χ4n) is 2.37. The van der Waals surface area contributed by atoms with E-state index in [2.05, 4.69) is 27.8 Å². The van der Waals surface area contributed by atoms with Crippen molar-refractivity contribution in [1.29, 1.82) is 0 Å². The molecule has 0 aliphatic carbocycles. The quantitative estimate of drug-likeness (QED) is 0.351. The third kappa shape index (κ3) is 8.24. The molecule has 28 heavy (non-hydrogen) atoms. The van der Waals surface area contributed by atoms with Gasteiger partial charge in [-0.15, -0.1) is 24.0 Å². The minimum absolute atomic E-state index is 0. The molecule has 0 saturated heterocycles. The number of aryl methyl sites for hydroxylation is 1. The maximum absolute atomic E-state index is 13.7. The molecule has 1 amide bonds. The molecule has 7 heteroatoms. The van der Waals surface area contributed by atoms with E-state index in [9.17, 15) is 9.18 Å². The Kier molecular flexibility index (Phi) is 10.5. The van der Waals surface area contributed by atoms with Crippen molar-refractivity contribution in [3.63, 3.8) is 0 Å². The van der Waals surface area contributed by atoms with Gasteiger partial charge in [0.2, 0.25) is 5.91 Å². The lowest BCUT2D eigenvalue weighted by Crippen LogP contribution is -2.43. The number of nitrogens with zero attached hydrogens (tertiary/aromatic N) is 2. The van der Waals surface area contributed by atoms with E-state index in [1.54, 1.807) is 27.1 Å². The topological polar surface area (TPSA) is 56.7 Å². The van der Waals surface area contributed by atoms with Crippen LogP contribution in [0.3, 0.4) is 0 Å². The predicted octanol–water partition coefficient (Wildman–Crippen LogP) is 3.12. The number of guanidine groups is 1. The number of aliphatic imine (C=N–C) groups is 1. The Morgan fingerprint density at radius 3 is 2.43 bits per heavy atom. The molecule has 2 rings (SSSR count). The number of benzene rings is 2. The maximum atomic E-state index is 13.7. The molecule has 0 unspecified atom stereocenters. The van der Waals surface area contributed by atoms with Crippen molar-refractivity contribution in [2.45, 2.75) is 19.9 Å². The first-order valence-corrected chi connectivity index (χ1v) is 8.97. The molecule has 0 aliphatic rings. The van der Waals surface area contributed by atoms with Crippen LogP contribution >= 0.6 is 24.0 Å². The zero-order chi connectivity index (χ0) is 19.6. The number of rotatable bonds is 7. The van der Waals surface area contributed by atoms with Crippen LogP contribution < -0.4 is 10.6 Å². The maximum Gasteiger partial charge on any atom is 0.241 e. The number of carbonyl (C=O) groups is 1. The van der Waals surface area contributed by atoms with E-state index < -0.39 is 0 Å². The third-order valence-electron chi connectivity index (χ3n) is 4.11. The van der Waals surface area contributed by atoms with E-state index in [0.717, 1.165) is 12.0 Å². The summed E-state index contributed by atoms with van der Waals surface area (Å²) in [5, 5.41) is 6.27. The van der Waals surface area contributed by atoms with Crippen LogP contribution in [0.15, 0.2) is 53.5 Å². The van der Waals surface area contributed by atoms with Crippen LogP contribution in [0.2, 0.25) is 0 Å². The molecule has 0 aromatic heterocycles. The molecule has 0 fully saturated rings. The van der Waals surface area contributed by atoms with Gasteiger partial charge in [0, 0.05) is 20.6 Å². The molecule has 152 valence electrons. The number of hydrogen-bond donors (Lipinski definition) is 2. The monoisotopic (exact) mass is 498 g/mol. The van der Waals surface area contributed by atoms with Crippen LogP contribution in [0.1, 0.15) is 16.7 Å². The molecule has 0 heterocycles. The van der Waals surface area contributed by atoms with Crippen LogP contribution in [0.4, 0.5) is 4.39 Å². The lowest BCUT2D eigenvalue weighted by molar-refractivity contribution is -0.127. The first kappa shape index (κ1) is 23.9. The van der Waals surface area contributed by atoms with Gasteiger partial charge in [0.1, 0.15) is 5.82 Å². The summed E-state index contributed by atoms with van der Waals surface area (Å²) in [6, 6.07) is 15.2. The normalized spacial score (nSPS) is 10.8. The molecule has 2 aromatic carbocycles. The van der Waals surface area contributed by atoms with Gasteiger partial charge in [0.05, 0.1) is 13.1 Å². The Bertz CT molecular complexity index is 781. The molecule has 2 N–H and O–H groups in total. The summed E-state index contributed by atoms with van der Waals surface area (Å²) in [5.41, 5.74) is 2.61. The van der Waals surface area contributed by atoms with E-state index in [4.69, 9.17) is 0 Å². The van der Waals surface area contributed by atoms with E-state index in [0.29, 0.717) is 24.6 Å². The fraction of sp³-hybridized carbons (Fsp3) is 0.333. The van der Waals surface area contributed by atoms with E-state index in [-0.39, 0.29) is 42.2 Å². The molecule has 5 nitrogen and oxygen atoms in total. The van der Waals surface area contributed by atoms with E-state index in [1.807, 2.05) is 24.3 Å². The highest BCUT2D eigenvalue weighted by Crippen LogP contribution is 2.10. The molecule has 0 aliphatic heterocycles. The van der Waals surface area contributed by atoms with Crippen molar-refractivity contribution < 1.29 is 9.18 Å². The second-order valence-corrected chi connectivity index (χ2v) is 6.55. The van der Waals surface area contributed by atoms with Gasteiger partial charge in [0.15, 0.2) is 5.96 Å².